The highest BCUT2D eigenvalue weighted by Crippen LogP contribution is 2.34. The van der Waals surface area contributed by atoms with Crippen molar-refractivity contribution in [1.82, 2.24) is 10.2 Å². The van der Waals surface area contributed by atoms with Gasteiger partial charge in [-0.3, -0.25) is 4.90 Å². The molecule has 0 spiro atoms. The molecule has 1 saturated heterocycles. The van der Waals surface area contributed by atoms with Gasteiger partial charge in [-0.25, -0.2) is 9.59 Å². The number of hydrogen-bond acceptors (Lipinski definition) is 4. The molecule has 7 heteroatoms. The highest BCUT2D eigenvalue weighted by atomic mass is 32.2. The zero-order chi connectivity index (χ0) is 14.7. The minimum absolute atomic E-state index is 0.0847. The van der Waals surface area contributed by atoms with Gasteiger partial charge in [0.05, 0.1) is 5.37 Å². The lowest BCUT2D eigenvalue weighted by molar-refractivity contribution is -0.141. The summed E-state index contributed by atoms with van der Waals surface area (Å²) in [5, 5.41) is 15.9. The van der Waals surface area contributed by atoms with Crippen molar-refractivity contribution in [3.63, 3.8) is 0 Å². The largest absolute Gasteiger partial charge is 0.480 e. The van der Waals surface area contributed by atoms with E-state index in [0.29, 0.717) is 12.3 Å². The lowest BCUT2D eigenvalue weighted by atomic mass is 10.1. The van der Waals surface area contributed by atoms with E-state index >= 15 is 0 Å². The van der Waals surface area contributed by atoms with Gasteiger partial charge >= 0.3 is 12.0 Å². The van der Waals surface area contributed by atoms with Crippen LogP contribution in [0.15, 0.2) is 16.8 Å². The van der Waals surface area contributed by atoms with Crippen molar-refractivity contribution in [3.05, 3.63) is 22.4 Å². The smallest absolute Gasteiger partial charge is 0.327 e. The summed E-state index contributed by atoms with van der Waals surface area (Å²) in [7, 11) is 0. The maximum absolute atomic E-state index is 12.3. The number of amides is 2. The lowest BCUT2D eigenvalue weighted by Gasteiger charge is -2.29. The molecule has 2 rings (SSSR count). The summed E-state index contributed by atoms with van der Waals surface area (Å²) < 4.78 is 0. The van der Waals surface area contributed by atoms with Gasteiger partial charge in [0, 0.05) is 12.3 Å². The third-order valence-electron chi connectivity index (χ3n) is 3.15. The number of carbonyl (C=O) groups excluding carboxylic acids is 1. The van der Waals surface area contributed by atoms with Crippen molar-refractivity contribution in [2.24, 2.45) is 5.92 Å². The predicted octanol–water partition coefficient (Wildman–Crippen LogP) is 2.44. The van der Waals surface area contributed by atoms with E-state index in [4.69, 9.17) is 0 Å². The van der Waals surface area contributed by atoms with Crippen molar-refractivity contribution in [3.8, 4) is 0 Å². The first kappa shape index (κ1) is 15.2. The zero-order valence-corrected chi connectivity index (χ0v) is 13.0. The van der Waals surface area contributed by atoms with E-state index in [-0.39, 0.29) is 17.3 Å². The fraction of sp³-hybridized carbons (Fsp3) is 0.538. The molecule has 0 aromatic carbocycles. The van der Waals surface area contributed by atoms with Crippen LogP contribution in [0.2, 0.25) is 0 Å². The fourth-order valence-electron chi connectivity index (χ4n) is 2.15. The van der Waals surface area contributed by atoms with Crippen molar-refractivity contribution < 1.29 is 14.7 Å². The molecule has 2 atom stereocenters. The number of nitrogens with one attached hydrogen (secondary N) is 1. The highest BCUT2D eigenvalue weighted by Gasteiger charge is 2.42. The molecule has 1 fully saturated rings. The summed E-state index contributed by atoms with van der Waals surface area (Å²) in [4.78, 5) is 25.1. The average Bonchev–Trinajstić information content (AvgIpc) is 3.04. The van der Waals surface area contributed by atoms with Crippen molar-refractivity contribution >= 4 is 35.1 Å². The Labute approximate surface area is 126 Å². The molecule has 2 unspecified atom stereocenters. The maximum Gasteiger partial charge on any atom is 0.327 e. The summed E-state index contributed by atoms with van der Waals surface area (Å²) in [6.45, 7) is 4.43. The number of nitrogens with zero attached hydrogens (tertiary/aromatic N) is 1. The van der Waals surface area contributed by atoms with E-state index in [1.807, 2.05) is 30.7 Å². The third-order valence-corrected chi connectivity index (χ3v) is 5.50. The first-order valence-electron chi connectivity index (χ1n) is 6.42. The van der Waals surface area contributed by atoms with E-state index < -0.39 is 12.0 Å². The first-order valence-corrected chi connectivity index (χ1v) is 8.41. The van der Waals surface area contributed by atoms with E-state index in [2.05, 4.69) is 5.32 Å². The predicted molar refractivity (Wildman–Crippen MR) is 80.9 cm³/mol. The summed E-state index contributed by atoms with van der Waals surface area (Å²) in [6, 6.07) is 0.903. The Morgan fingerprint density at radius 2 is 2.30 bits per heavy atom. The van der Waals surface area contributed by atoms with Gasteiger partial charge in [0.1, 0.15) is 6.04 Å². The Bertz CT molecular complexity index is 476. The molecule has 5 nitrogen and oxygen atoms in total. The molecule has 110 valence electrons. The van der Waals surface area contributed by atoms with E-state index in [1.54, 1.807) is 11.3 Å². The zero-order valence-electron chi connectivity index (χ0n) is 11.4. The molecule has 2 amide bonds. The van der Waals surface area contributed by atoms with Gasteiger partial charge < -0.3 is 10.4 Å². The van der Waals surface area contributed by atoms with Crippen LogP contribution in [0, 0.1) is 5.92 Å². The Morgan fingerprint density at radius 3 is 2.85 bits per heavy atom. The molecule has 1 aromatic heterocycles. The molecule has 1 aliphatic rings. The minimum Gasteiger partial charge on any atom is -0.480 e. The van der Waals surface area contributed by atoms with E-state index in [9.17, 15) is 14.7 Å². The second-order valence-corrected chi connectivity index (χ2v) is 6.95. The fourth-order valence-corrected chi connectivity index (χ4v) is 4.29. The van der Waals surface area contributed by atoms with Crippen LogP contribution in [0.3, 0.4) is 0 Å². The Kier molecular flexibility index (Phi) is 4.93. The van der Waals surface area contributed by atoms with Crippen LogP contribution in [0.1, 0.15) is 19.4 Å². The van der Waals surface area contributed by atoms with Gasteiger partial charge in [0.15, 0.2) is 0 Å². The minimum atomic E-state index is -0.939. The molecule has 2 N–H and O–H groups in total. The molecular formula is C13H18N2O3S2. The molecule has 2 heterocycles. The number of thioether (sulfide) groups is 1. The standard InChI is InChI=1S/C13H18N2O3S2/c1-8(2)11-15(10(7-20-11)12(16)17)13(18)14-5-9-3-4-19-6-9/h3-4,6,8,10-11H,5,7H2,1-2H3,(H,14,18)(H,16,17). The maximum atomic E-state index is 12.3. The SMILES string of the molecule is CC(C)C1SCC(C(=O)O)N1C(=O)NCc1ccsc1. The number of hydrogen-bond donors (Lipinski definition) is 2. The number of urea groups is 1. The van der Waals surface area contributed by atoms with Crippen LogP contribution in [0.5, 0.6) is 0 Å². The number of carbonyl (C=O) groups is 2. The lowest BCUT2D eigenvalue weighted by Crippen LogP contribution is -2.51. The Morgan fingerprint density at radius 1 is 1.55 bits per heavy atom. The summed E-state index contributed by atoms with van der Waals surface area (Å²) in [6.07, 6.45) is 0. The average molecular weight is 314 g/mol. The molecule has 0 aliphatic carbocycles. The van der Waals surface area contributed by atoms with Crippen LogP contribution >= 0.6 is 23.1 Å². The van der Waals surface area contributed by atoms with Crippen LogP contribution in [0.4, 0.5) is 4.79 Å². The summed E-state index contributed by atoms with van der Waals surface area (Å²) >= 11 is 3.10. The summed E-state index contributed by atoms with van der Waals surface area (Å²) in [5.41, 5.74) is 1.03. The van der Waals surface area contributed by atoms with Gasteiger partial charge in [-0.15, -0.1) is 11.8 Å². The number of carboxylic acids is 1. The van der Waals surface area contributed by atoms with Crippen molar-refractivity contribution in [2.75, 3.05) is 5.75 Å². The molecule has 0 radical (unpaired) electrons. The van der Waals surface area contributed by atoms with Gasteiger partial charge in [-0.2, -0.15) is 11.3 Å². The third kappa shape index (κ3) is 3.27. The summed E-state index contributed by atoms with van der Waals surface area (Å²) in [5.74, 6) is -0.271. The number of carboxylic acid groups (broad SMARTS) is 1. The molecule has 1 aliphatic heterocycles. The monoisotopic (exact) mass is 314 g/mol. The van der Waals surface area contributed by atoms with E-state index in [0.717, 1.165) is 5.56 Å². The van der Waals surface area contributed by atoms with Crippen LogP contribution < -0.4 is 5.32 Å². The number of thiophene rings is 1. The van der Waals surface area contributed by atoms with Crippen LogP contribution in [-0.2, 0) is 11.3 Å². The molecule has 20 heavy (non-hydrogen) atoms. The first-order chi connectivity index (χ1) is 9.50. The second kappa shape index (κ2) is 6.49. The van der Waals surface area contributed by atoms with Gasteiger partial charge in [0.25, 0.3) is 0 Å². The molecule has 0 bridgehead atoms. The highest BCUT2D eigenvalue weighted by molar-refractivity contribution is 8.00. The van der Waals surface area contributed by atoms with Gasteiger partial charge in [-0.1, -0.05) is 13.8 Å². The molecular weight excluding hydrogens is 296 g/mol. The van der Waals surface area contributed by atoms with Crippen molar-refractivity contribution in [2.45, 2.75) is 31.8 Å². The van der Waals surface area contributed by atoms with Crippen LogP contribution in [-0.4, -0.2) is 39.2 Å². The quantitative estimate of drug-likeness (QED) is 0.895. The van der Waals surface area contributed by atoms with Crippen molar-refractivity contribution in [1.29, 1.82) is 0 Å². The number of rotatable bonds is 4. The van der Waals surface area contributed by atoms with Gasteiger partial charge in [-0.05, 0) is 28.3 Å². The Hall–Kier alpha value is -1.21. The number of aliphatic carboxylic acids is 1. The topological polar surface area (TPSA) is 69.6 Å². The van der Waals surface area contributed by atoms with Crippen LogP contribution in [0.25, 0.3) is 0 Å². The van der Waals surface area contributed by atoms with E-state index in [1.165, 1.54) is 16.7 Å². The molecule has 1 aromatic rings. The Balaban J connectivity index is 2.04. The normalized spacial score (nSPS) is 22.2. The molecule has 0 saturated carbocycles. The second-order valence-electron chi connectivity index (χ2n) is 5.02. The van der Waals surface area contributed by atoms with Gasteiger partial charge in [0.2, 0.25) is 0 Å².